The summed E-state index contributed by atoms with van der Waals surface area (Å²) >= 11 is 11.5. The lowest BCUT2D eigenvalue weighted by Gasteiger charge is -2.34. The molecule has 2 heterocycles. The van der Waals surface area contributed by atoms with E-state index in [1.807, 2.05) is 6.92 Å². The Morgan fingerprint density at radius 1 is 1.40 bits per heavy atom. The molecule has 2 aliphatic heterocycles. The predicted octanol–water partition coefficient (Wildman–Crippen LogP) is 2.01. The number of alkyl halides is 2. The van der Waals surface area contributed by atoms with Gasteiger partial charge in [-0.15, -0.1) is 23.2 Å². The van der Waals surface area contributed by atoms with Crippen molar-refractivity contribution < 1.29 is 18.6 Å². The predicted molar refractivity (Wildman–Crippen MR) is 78.4 cm³/mol. The molecular formula is C11H21Cl2N2O4P. The number of hydrogen-bond acceptors (Lipinski definition) is 4. The van der Waals surface area contributed by atoms with Crippen LogP contribution in [-0.4, -0.2) is 61.2 Å². The number of halogens is 2. The topological polar surface area (TPSA) is 60.0 Å². The Morgan fingerprint density at radius 3 is 2.60 bits per heavy atom. The van der Waals surface area contributed by atoms with Crippen molar-refractivity contribution >= 4 is 30.9 Å². The third-order valence-electron chi connectivity index (χ3n) is 3.59. The summed E-state index contributed by atoms with van der Waals surface area (Å²) in [5, 5.41) is 3.12. The number of hydrogen-bond donors (Lipinski definition) is 1. The molecule has 0 unspecified atom stereocenters. The standard InChI is InChI=1S/C11H21Cl2N2O4P/c1-8-11-9(7-10(17-2)18-8)14-20(16,19-11)15(5-3-12)6-4-13/h8-11H,3-7H2,1-2H3,(H,14,16)/t8-,9-,10+,11+,20-/m0/s1. The summed E-state index contributed by atoms with van der Waals surface area (Å²) < 4.78 is 31.4. The Hall–Kier alpha value is 0.610. The van der Waals surface area contributed by atoms with Gasteiger partial charge in [0.15, 0.2) is 6.29 Å². The smallest absolute Gasteiger partial charge is 0.344 e. The molecule has 9 heteroatoms. The van der Waals surface area contributed by atoms with Gasteiger partial charge in [-0.3, -0.25) is 9.09 Å². The molecule has 0 aromatic rings. The van der Waals surface area contributed by atoms with Crippen molar-refractivity contribution in [1.29, 1.82) is 0 Å². The summed E-state index contributed by atoms with van der Waals surface area (Å²) in [4.78, 5) is 0. The molecule has 1 N–H and O–H groups in total. The normalized spacial score (nSPS) is 41.0. The largest absolute Gasteiger partial charge is 0.356 e. The van der Waals surface area contributed by atoms with E-state index >= 15 is 0 Å². The van der Waals surface area contributed by atoms with Crippen LogP contribution in [0.4, 0.5) is 0 Å². The van der Waals surface area contributed by atoms with Crippen molar-refractivity contribution in [2.45, 2.75) is 37.9 Å². The van der Waals surface area contributed by atoms with Crippen LogP contribution >= 0.6 is 30.9 Å². The van der Waals surface area contributed by atoms with Gasteiger partial charge in [-0.05, 0) is 6.92 Å². The highest BCUT2D eigenvalue weighted by Crippen LogP contribution is 2.55. The van der Waals surface area contributed by atoms with Gasteiger partial charge in [0, 0.05) is 38.4 Å². The van der Waals surface area contributed by atoms with Crippen molar-refractivity contribution in [1.82, 2.24) is 9.76 Å². The van der Waals surface area contributed by atoms with Crippen molar-refractivity contribution in [3.05, 3.63) is 0 Å². The molecule has 2 fully saturated rings. The Balaban J connectivity index is 2.10. The Kier molecular flexibility index (Phi) is 6.15. The van der Waals surface area contributed by atoms with Crippen LogP contribution in [0, 0.1) is 0 Å². The number of nitrogens with zero attached hydrogens (tertiary/aromatic N) is 1. The fourth-order valence-electron chi connectivity index (χ4n) is 2.60. The monoisotopic (exact) mass is 346 g/mol. The molecule has 0 aliphatic carbocycles. The van der Waals surface area contributed by atoms with E-state index in [4.69, 9.17) is 37.2 Å². The zero-order valence-electron chi connectivity index (χ0n) is 11.6. The number of methoxy groups -OCH3 is 1. The molecule has 5 atom stereocenters. The van der Waals surface area contributed by atoms with Gasteiger partial charge in [0.1, 0.15) is 6.10 Å². The second-order valence-electron chi connectivity index (χ2n) is 4.90. The van der Waals surface area contributed by atoms with Gasteiger partial charge >= 0.3 is 7.67 Å². The van der Waals surface area contributed by atoms with E-state index in [0.717, 1.165) is 0 Å². The molecule has 6 nitrogen and oxygen atoms in total. The maximum Gasteiger partial charge on any atom is 0.344 e. The van der Waals surface area contributed by atoms with Gasteiger partial charge in [-0.2, -0.15) is 0 Å². The summed E-state index contributed by atoms with van der Waals surface area (Å²) in [6, 6.07) is -0.0531. The van der Waals surface area contributed by atoms with E-state index in [9.17, 15) is 4.57 Å². The lowest BCUT2D eigenvalue weighted by molar-refractivity contribution is -0.203. The van der Waals surface area contributed by atoms with Gasteiger partial charge in [0.25, 0.3) is 0 Å². The molecule has 0 radical (unpaired) electrons. The summed E-state index contributed by atoms with van der Waals surface area (Å²) in [7, 11) is -1.52. The molecule has 0 aromatic heterocycles. The number of fused-ring (bicyclic) bond motifs is 1. The molecule has 0 saturated carbocycles. The van der Waals surface area contributed by atoms with Gasteiger partial charge in [-0.1, -0.05) is 0 Å². The number of ether oxygens (including phenoxy) is 2. The molecule has 0 amide bonds. The Morgan fingerprint density at radius 2 is 2.05 bits per heavy atom. The molecular weight excluding hydrogens is 326 g/mol. The van der Waals surface area contributed by atoms with E-state index in [-0.39, 0.29) is 24.5 Å². The van der Waals surface area contributed by atoms with Gasteiger partial charge in [0.2, 0.25) is 0 Å². The lowest BCUT2D eigenvalue weighted by Crippen LogP contribution is -2.48. The summed E-state index contributed by atoms with van der Waals surface area (Å²) in [6.45, 7) is 2.81. The highest BCUT2D eigenvalue weighted by Gasteiger charge is 2.51. The average Bonchev–Trinajstić information content (AvgIpc) is 2.77. The maximum atomic E-state index is 13.0. The number of rotatable bonds is 6. The molecule has 2 aliphatic rings. The van der Waals surface area contributed by atoms with Crippen LogP contribution < -0.4 is 5.09 Å². The van der Waals surface area contributed by atoms with Crippen LogP contribution in [0.2, 0.25) is 0 Å². The van der Waals surface area contributed by atoms with Crippen LogP contribution in [0.1, 0.15) is 13.3 Å². The van der Waals surface area contributed by atoms with Crippen LogP contribution in [0.25, 0.3) is 0 Å². The summed E-state index contributed by atoms with van der Waals surface area (Å²) in [5.41, 5.74) is 0. The van der Waals surface area contributed by atoms with E-state index in [1.54, 1.807) is 11.8 Å². The maximum absolute atomic E-state index is 13.0. The first-order valence-corrected chi connectivity index (χ1v) is 9.30. The Bertz CT molecular complexity index is 370. The van der Waals surface area contributed by atoms with Crippen LogP contribution in [0.3, 0.4) is 0 Å². The van der Waals surface area contributed by atoms with E-state index in [2.05, 4.69) is 5.09 Å². The minimum absolute atomic E-state index is 0.0531. The zero-order chi connectivity index (χ0) is 14.8. The van der Waals surface area contributed by atoms with Crippen molar-refractivity contribution in [3.63, 3.8) is 0 Å². The molecule has 0 bridgehead atoms. The third kappa shape index (κ3) is 3.50. The van der Waals surface area contributed by atoms with Crippen molar-refractivity contribution in [2.75, 3.05) is 32.0 Å². The molecule has 118 valence electrons. The Labute approximate surface area is 129 Å². The summed E-state index contributed by atoms with van der Waals surface area (Å²) in [6.07, 6.45) is -0.134. The first kappa shape index (κ1) is 17.0. The molecule has 20 heavy (non-hydrogen) atoms. The average molecular weight is 347 g/mol. The first-order chi connectivity index (χ1) is 9.54. The molecule has 0 spiro atoms. The number of nitrogens with one attached hydrogen (secondary N) is 1. The SMILES string of the molecule is CO[C@H]1C[C@@H]2N[P@@](=O)(N(CCCl)CCCl)O[C@@H]2[C@H](C)O1. The second-order valence-corrected chi connectivity index (χ2v) is 7.73. The van der Waals surface area contributed by atoms with Crippen LogP contribution in [-0.2, 0) is 18.6 Å². The van der Waals surface area contributed by atoms with E-state index in [0.29, 0.717) is 31.3 Å². The van der Waals surface area contributed by atoms with Gasteiger partial charge in [-0.25, -0.2) is 9.76 Å². The highest BCUT2D eigenvalue weighted by molar-refractivity contribution is 7.54. The molecule has 0 aromatic carbocycles. The van der Waals surface area contributed by atoms with E-state index in [1.165, 1.54) is 0 Å². The third-order valence-corrected chi connectivity index (χ3v) is 6.26. The molecule has 2 saturated heterocycles. The first-order valence-electron chi connectivity index (χ1n) is 6.66. The minimum atomic E-state index is -3.11. The second kappa shape index (κ2) is 7.25. The fourth-order valence-corrected chi connectivity index (χ4v) is 5.65. The quantitative estimate of drug-likeness (QED) is 0.586. The summed E-state index contributed by atoms with van der Waals surface area (Å²) in [5.74, 6) is 0.738. The zero-order valence-corrected chi connectivity index (χ0v) is 14.0. The fraction of sp³-hybridized carbons (Fsp3) is 1.00. The van der Waals surface area contributed by atoms with Gasteiger partial charge < -0.3 is 9.47 Å². The van der Waals surface area contributed by atoms with Crippen molar-refractivity contribution in [2.24, 2.45) is 0 Å². The van der Waals surface area contributed by atoms with Crippen molar-refractivity contribution in [3.8, 4) is 0 Å². The minimum Gasteiger partial charge on any atom is -0.356 e. The van der Waals surface area contributed by atoms with Gasteiger partial charge in [0.05, 0.1) is 12.1 Å². The van der Waals surface area contributed by atoms with E-state index < -0.39 is 7.67 Å². The highest BCUT2D eigenvalue weighted by atomic mass is 35.5. The lowest BCUT2D eigenvalue weighted by atomic mass is 10.0. The van der Waals surface area contributed by atoms with Crippen LogP contribution in [0.5, 0.6) is 0 Å². The van der Waals surface area contributed by atoms with Crippen LogP contribution in [0.15, 0.2) is 0 Å². The molecule has 2 rings (SSSR count).